The van der Waals surface area contributed by atoms with Gasteiger partial charge in [-0.2, -0.15) is 5.10 Å². The van der Waals surface area contributed by atoms with E-state index in [0.717, 1.165) is 11.1 Å². The smallest absolute Gasteiger partial charge is 0.291 e. The molecule has 0 bridgehead atoms. The van der Waals surface area contributed by atoms with Gasteiger partial charge in [0.15, 0.2) is 17.1 Å². The number of carbonyl (C=O) groups is 1. The number of furan rings is 1. The topological polar surface area (TPSA) is 100 Å². The molecule has 0 spiro atoms. The van der Waals surface area contributed by atoms with Crippen LogP contribution in [-0.4, -0.2) is 34.3 Å². The minimum absolute atomic E-state index is 0.279. The lowest BCUT2D eigenvalue weighted by atomic mass is 10.1. The van der Waals surface area contributed by atoms with E-state index in [1.165, 1.54) is 4.68 Å². The molecule has 0 saturated carbocycles. The van der Waals surface area contributed by atoms with Gasteiger partial charge in [-0.05, 0) is 24.1 Å². The summed E-state index contributed by atoms with van der Waals surface area (Å²) < 4.78 is 19.1. The van der Waals surface area contributed by atoms with Crippen LogP contribution in [0.25, 0.3) is 16.6 Å². The molecule has 3 heterocycles. The highest BCUT2D eigenvalue weighted by Gasteiger charge is 2.24. The van der Waals surface area contributed by atoms with Gasteiger partial charge in [0.2, 0.25) is 5.91 Å². The van der Waals surface area contributed by atoms with Gasteiger partial charge in [-0.15, -0.1) is 0 Å². The molecule has 0 aliphatic rings. The van der Waals surface area contributed by atoms with E-state index in [-0.39, 0.29) is 18.0 Å². The molecule has 0 fully saturated rings. The summed E-state index contributed by atoms with van der Waals surface area (Å²) in [5, 5.41) is 7.46. The van der Waals surface area contributed by atoms with Crippen LogP contribution in [0.5, 0.6) is 11.5 Å². The molecule has 9 heteroatoms. The van der Waals surface area contributed by atoms with Gasteiger partial charge in [-0.25, -0.2) is 4.68 Å². The zero-order valence-electron chi connectivity index (χ0n) is 18.5. The molecule has 9 nitrogen and oxygen atoms in total. The highest BCUT2D eigenvalue weighted by Crippen LogP contribution is 2.27. The van der Waals surface area contributed by atoms with Crippen molar-refractivity contribution in [2.24, 2.45) is 0 Å². The molecular weight excluding hydrogens is 412 g/mol. The molecule has 0 radical (unpaired) electrons. The Morgan fingerprint density at radius 1 is 1.12 bits per heavy atom. The number of nitrogens with zero attached hydrogens (tertiary/aromatic N) is 3. The van der Waals surface area contributed by atoms with Crippen LogP contribution >= 0.6 is 0 Å². The van der Waals surface area contributed by atoms with Gasteiger partial charge in [0.25, 0.3) is 5.56 Å². The molecular formula is C23H26N4O5. The van der Waals surface area contributed by atoms with Crippen LogP contribution in [-0.2, 0) is 17.8 Å². The van der Waals surface area contributed by atoms with Gasteiger partial charge in [0.1, 0.15) is 17.4 Å². The Morgan fingerprint density at radius 3 is 2.59 bits per heavy atom. The van der Waals surface area contributed by atoms with Gasteiger partial charge in [-0.3, -0.25) is 14.0 Å². The molecule has 4 rings (SSSR count). The second-order valence-corrected chi connectivity index (χ2v) is 7.39. The molecule has 1 atom stereocenters. The number of amides is 1. The van der Waals surface area contributed by atoms with Gasteiger partial charge >= 0.3 is 0 Å². The maximum Gasteiger partial charge on any atom is 0.291 e. The summed E-state index contributed by atoms with van der Waals surface area (Å²) in [5.41, 5.74) is 2.36. The zero-order chi connectivity index (χ0) is 22.8. The second-order valence-electron chi connectivity index (χ2n) is 7.39. The van der Waals surface area contributed by atoms with E-state index in [1.807, 2.05) is 19.9 Å². The third-order valence-electron chi connectivity index (χ3n) is 5.55. The fraction of sp³-hybridized carbons (Fsp3) is 0.348. The average molecular weight is 438 g/mol. The number of benzene rings is 1. The molecule has 32 heavy (non-hydrogen) atoms. The van der Waals surface area contributed by atoms with Crippen LogP contribution in [0.2, 0.25) is 0 Å². The summed E-state index contributed by atoms with van der Waals surface area (Å²) in [6, 6.07) is 8.21. The number of aromatic nitrogens is 3. The van der Waals surface area contributed by atoms with E-state index in [0.29, 0.717) is 41.3 Å². The largest absolute Gasteiger partial charge is 0.493 e. The maximum atomic E-state index is 13.2. The number of methoxy groups -OCH3 is 2. The van der Waals surface area contributed by atoms with Crippen molar-refractivity contribution in [3.63, 3.8) is 0 Å². The number of aryl methyl sites for hydroxylation is 1. The summed E-state index contributed by atoms with van der Waals surface area (Å²) in [6.07, 6.45) is 2.59. The van der Waals surface area contributed by atoms with Crippen LogP contribution in [0.4, 0.5) is 0 Å². The van der Waals surface area contributed by atoms with Crippen LogP contribution < -0.4 is 20.3 Å². The summed E-state index contributed by atoms with van der Waals surface area (Å²) in [4.78, 5) is 26.3. The fourth-order valence-corrected chi connectivity index (χ4v) is 3.90. The van der Waals surface area contributed by atoms with Crippen LogP contribution in [0, 0.1) is 0 Å². The van der Waals surface area contributed by atoms with E-state index < -0.39 is 6.04 Å². The van der Waals surface area contributed by atoms with E-state index in [2.05, 4.69) is 10.4 Å². The van der Waals surface area contributed by atoms with Crippen molar-refractivity contribution < 1.29 is 18.7 Å². The number of ether oxygens (including phenoxy) is 2. The predicted octanol–water partition coefficient (Wildman–Crippen LogP) is 3.09. The van der Waals surface area contributed by atoms with Crippen LogP contribution in [0.1, 0.15) is 37.7 Å². The Kier molecular flexibility index (Phi) is 5.89. The molecule has 0 aliphatic heterocycles. The second kappa shape index (κ2) is 8.78. The molecule has 0 saturated heterocycles. The van der Waals surface area contributed by atoms with E-state index in [1.54, 1.807) is 49.1 Å². The lowest BCUT2D eigenvalue weighted by Gasteiger charge is -2.18. The number of hydrogen-bond acceptors (Lipinski definition) is 6. The number of nitrogens with one attached hydrogen (secondary N) is 1. The Hall–Kier alpha value is -3.75. The normalized spacial score (nSPS) is 12.2. The van der Waals surface area contributed by atoms with Crippen molar-refractivity contribution in [2.45, 2.75) is 39.3 Å². The Labute approximate surface area is 184 Å². The van der Waals surface area contributed by atoms with Gasteiger partial charge in [-0.1, -0.05) is 19.9 Å². The van der Waals surface area contributed by atoms with E-state index in [9.17, 15) is 9.59 Å². The first-order chi connectivity index (χ1) is 15.5. The SMILES string of the molecule is CCc1nn(C(CC)C(=O)NCc2ccc(OC)c(OC)c2)c(=O)c2cc3occc3n12. The van der Waals surface area contributed by atoms with Gasteiger partial charge in [0, 0.05) is 25.1 Å². The maximum absolute atomic E-state index is 13.2. The number of fused-ring (bicyclic) bond motifs is 3. The summed E-state index contributed by atoms with van der Waals surface area (Å²) in [7, 11) is 3.13. The molecule has 1 unspecified atom stereocenters. The molecule has 1 amide bonds. The van der Waals surface area contributed by atoms with E-state index >= 15 is 0 Å². The fourth-order valence-electron chi connectivity index (χ4n) is 3.90. The highest BCUT2D eigenvalue weighted by molar-refractivity contribution is 5.83. The summed E-state index contributed by atoms with van der Waals surface area (Å²) in [6.45, 7) is 4.10. The number of carbonyl (C=O) groups excluding carboxylic acids is 1. The molecule has 4 aromatic rings. The minimum Gasteiger partial charge on any atom is -0.493 e. The summed E-state index contributed by atoms with van der Waals surface area (Å²) in [5.74, 6) is 1.60. The van der Waals surface area contributed by atoms with Crippen molar-refractivity contribution in [1.82, 2.24) is 19.5 Å². The minimum atomic E-state index is -0.737. The molecule has 168 valence electrons. The number of hydrogen-bond donors (Lipinski definition) is 1. The molecule has 1 N–H and O–H groups in total. The third kappa shape index (κ3) is 3.59. The van der Waals surface area contributed by atoms with Crippen molar-refractivity contribution >= 4 is 22.5 Å². The van der Waals surface area contributed by atoms with Crippen molar-refractivity contribution in [1.29, 1.82) is 0 Å². The zero-order valence-corrected chi connectivity index (χ0v) is 18.5. The lowest BCUT2D eigenvalue weighted by molar-refractivity contribution is -0.125. The van der Waals surface area contributed by atoms with E-state index in [4.69, 9.17) is 13.9 Å². The monoisotopic (exact) mass is 438 g/mol. The highest BCUT2D eigenvalue weighted by atomic mass is 16.5. The first-order valence-electron chi connectivity index (χ1n) is 10.5. The predicted molar refractivity (Wildman–Crippen MR) is 119 cm³/mol. The van der Waals surface area contributed by atoms with Crippen LogP contribution in [0.3, 0.4) is 0 Å². The molecule has 0 aliphatic carbocycles. The summed E-state index contributed by atoms with van der Waals surface area (Å²) >= 11 is 0. The number of rotatable bonds is 8. The molecule has 3 aromatic heterocycles. The van der Waals surface area contributed by atoms with Crippen LogP contribution in [0.15, 0.2) is 45.8 Å². The first-order valence-corrected chi connectivity index (χ1v) is 10.5. The third-order valence-corrected chi connectivity index (χ3v) is 5.55. The van der Waals surface area contributed by atoms with Crippen molar-refractivity contribution in [2.75, 3.05) is 14.2 Å². The first kappa shape index (κ1) is 21.5. The Bertz CT molecular complexity index is 1330. The standard InChI is InChI=1S/C23H26N4O5/c1-5-15(22(28)24-13-14-7-8-18(30-3)20(11-14)31-4)27-23(29)17-12-19-16(9-10-32-19)26(17)21(6-2)25-27/h7-12,15H,5-6,13H2,1-4H3,(H,24,28). The van der Waals surface area contributed by atoms with Gasteiger partial charge < -0.3 is 19.2 Å². The average Bonchev–Trinajstić information content (AvgIpc) is 3.41. The Balaban J connectivity index is 1.64. The quantitative estimate of drug-likeness (QED) is 0.454. The Morgan fingerprint density at radius 2 is 1.91 bits per heavy atom. The lowest BCUT2D eigenvalue weighted by Crippen LogP contribution is -2.39. The van der Waals surface area contributed by atoms with Gasteiger partial charge in [0.05, 0.1) is 26.0 Å². The van der Waals surface area contributed by atoms with Crippen molar-refractivity contribution in [3.05, 3.63) is 58.3 Å². The molecule has 1 aromatic carbocycles. The van der Waals surface area contributed by atoms with Crippen molar-refractivity contribution in [3.8, 4) is 11.5 Å².